The van der Waals surface area contributed by atoms with Gasteiger partial charge in [-0.3, -0.25) is 4.79 Å². The van der Waals surface area contributed by atoms with Crippen LogP contribution in [0, 0.1) is 11.8 Å². The molecule has 2 heterocycles. The first-order chi connectivity index (χ1) is 10.8. The van der Waals surface area contributed by atoms with Gasteiger partial charge in [0, 0.05) is 19.3 Å². The first-order valence-corrected chi connectivity index (χ1v) is 8.37. The second kappa shape index (κ2) is 7.69. The Bertz CT molecular complexity index is 614. The van der Waals surface area contributed by atoms with Gasteiger partial charge in [-0.15, -0.1) is 0 Å². The van der Waals surface area contributed by atoms with Gasteiger partial charge in [0.05, 0.1) is 15.1 Å². The lowest BCUT2D eigenvalue weighted by atomic mass is 9.92. The number of carbonyl (C=O) groups is 2. The smallest absolute Gasteiger partial charge is 0.359 e. The zero-order chi connectivity index (χ0) is 17.1. The van der Waals surface area contributed by atoms with Gasteiger partial charge < -0.3 is 9.64 Å². The van der Waals surface area contributed by atoms with Crippen LogP contribution in [0.5, 0.6) is 0 Å². The number of hydrogen-bond donors (Lipinski definition) is 0. The Morgan fingerprint density at radius 1 is 1.22 bits per heavy atom. The number of amides is 1. The van der Waals surface area contributed by atoms with Crippen molar-refractivity contribution in [3.63, 3.8) is 0 Å². The summed E-state index contributed by atoms with van der Waals surface area (Å²) < 4.78 is 5.01. The minimum absolute atomic E-state index is 0.0280. The van der Waals surface area contributed by atoms with Crippen LogP contribution in [-0.4, -0.2) is 41.5 Å². The van der Waals surface area contributed by atoms with Gasteiger partial charge in [0.25, 0.3) is 5.91 Å². The highest BCUT2D eigenvalue weighted by Gasteiger charge is 2.26. The van der Waals surface area contributed by atoms with Crippen molar-refractivity contribution >= 4 is 46.7 Å². The van der Waals surface area contributed by atoms with Gasteiger partial charge in [0.1, 0.15) is 0 Å². The minimum atomic E-state index is -0.806. The lowest BCUT2D eigenvalue weighted by molar-refractivity contribution is -0.137. The van der Waals surface area contributed by atoms with E-state index in [0.717, 1.165) is 6.42 Å². The van der Waals surface area contributed by atoms with E-state index in [-0.39, 0.29) is 33.3 Å². The Kier molecular flexibility index (Phi) is 6.12. The molecule has 0 unspecified atom stereocenters. The average molecular weight is 380 g/mol. The molecule has 0 aromatic carbocycles. The van der Waals surface area contributed by atoms with Crippen molar-refractivity contribution in [1.29, 1.82) is 0 Å². The van der Waals surface area contributed by atoms with Crippen molar-refractivity contribution in [2.24, 2.45) is 11.8 Å². The normalized spacial score (nSPS) is 21.2. The van der Waals surface area contributed by atoms with Crippen molar-refractivity contribution < 1.29 is 14.3 Å². The van der Waals surface area contributed by atoms with Gasteiger partial charge in [-0.25, -0.2) is 9.78 Å². The molecule has 0 radical (unpaired) electrons. The van der Waals surface area contributed by atoms with Crippen molar-refractivity contribution in [2.75, 3.05) is 19.7 Å². The van der Waals surface area contributed by atoms with Crippen molar-refractivity contribution in [3.05, 3.63) is 27.0 Å². The summed E-state index contributed by atoms with van der Waals surface area (Å²) in [5.41, 5.74) is -0.158. The van der Waals surface area contributed by atoms with E-state index < -0.39 is 5.97 Å². The number of likely N-dealkylation sites (tertiary alicyclic amines) is 1. The Morgan fingerprint density at radius 2 is 1.83 bits per heavy atom. The zero-order valence-electron chi connectivity index (χ0n) is 12.8. The quantitative estimate of drug-likeness (QED) is 0.751. The number of pyridine rings is 1. The maximum absolute atomic E-state index is 12.2. The summed E-state index contributed by atoms with van der Waals surface area (Å²) >= 11 is 17.5. The molecule has 126 valence electrons. The lowest BCUT2D eigenvalue weighted by Gasteiger charge is -2.34. The van der Waals surface area contributed by atoms with Crippen LogP contribution in [0.1, 0.15) is 30.8 Å². The van der Waals surface area contributed by atoms with Gasteiger partial charge in [-0.05, 0) is 18.3 Å². The fourth-order valence-corrected chi connectivity index (χ4v) is 3.30. The number of esters is 1. The fourth-order valence-electron chi connectivity index (χ4n) is 2.74. The van der Waals surface area contributed by atoms with Gasteiger partial charge in [0.15, 0.2) is 12.3 Å². The first kappa shape index (κ1) is 18.3. The van der Waals surface area contributed by atoms with Crippen LogP contribution in [-0.2, 0) is 9.53 Å². The Labute approximate surface area is 149 Å². The standard InChI is InChI=1S/C15H17Cl3N2O3/c1-8-3-9(2)6-20(5-8)11(21)7-23-15(22)14-13(18)12(17)10(16)4-19-14/h4,8-9H,3,5-7H2,1-2H3/t8-,9-/m1/s1. The van der Waals surface area contributed by atoms with E-state index in [1.165, 1.54) is 6.20 Å². The molecule has 2 rings (SSSR count). The number of ether oxygens (including phenoxy) is 1. The van der Waals surface area contributed by atoms with Crippen LogP contribution in [0.25, 0.3) is 0 Å². The SMILES string of the molecule is C[C@@H]1C[C@@H](C)CN(C(=O)COC(=O)c2ncc(Cl)c(Cl)c2Cl)C1. The van der Waals surface area contributed by atoms with Gasteiger partial charge in [-0.1, -0.05) is 48.7 Å². The summed E-state index contributed by atoms with van der Waals surface area (Å²) in [6.07, 6.45) is 2.30. The monoisotopic (exact) mass is 378 g/mol. The molecule has 5 nitrogen and oxygen atoms in total. The number of halogens is 3. The third-order valence-corrected chi connectivity index (χ3v) is 4.90. The van der Waals surface area contributed by atoms with Crippen molar-refractivity contribution in [3.8, 4) is 0 Å². The molecule has 0 saturated carbocycles. The van der Waals surface area contributed by atoms with Gasteiger partial charge >= 0.3 is 5.97 Å². The van der Waals surface area contributed by atoms with Crippen LogP contribution >= 0.6 is 34.8 Å². The van der Waals surface area contributed by atoms with E-state index >= 15 is 0 Å². The molecule has 1 aromatic heterocycles. The second-order valence-electron chi connectivity index (χ2n) is 5.90. The van der Waals surface area contributed by atoms with Crippen LogP contribution in [0.15, 0.2) is 6.20 Å². The maximum Gasteiger partial charge on any atom is 0.359 e. The van der Waals surface area contributed by atoms with E-state index in [0.29, 0.717) is 24.9 Å². The molecule has 23 heavy (non-hydrogen) atoms. The van der Waals surface area contributed by atoms with E-state index in [2.05, 4.69) is 18.8 Å². The molecule has 1 fully saturated rings. The first-order valence-electron chi connectivity index (χ1n) is 7.24. The maximum atomic E-state index is 12.2. The van der Waals surface area contributed by atoms with Crippen LogP contribution in [0.3, 0.4) is 0 Å². The molecule has 1 saturated heterocycles. The zero-order valence-corrected chi connectivity index (χ0v) is 15.1. The van der Waals surface area contributed by atoms with Crippen LogP contribution < -0.4 is 0 Å². The summed E-state index contributed by atoms with van der Waals surface area (Å²) in [6, 6.07) is 0. The van der Waals surface area contributed by atoms with Crippen molar-refractivity contribution in [1.82, 2.24) is 9.88 Å². The molecule has 8 heteroatoms. The van der Waals surface area contributed by atoms with Crippen molar-refractivity contribution in [2.45, 2.75) is 20.3 Å². The Morgan fingerprint density at radius 3 is 2.43 bits per heavy atom. The lowest BCUT2D eigenvalue weighted by Crippen LogP contribution is -2.44. The molecule has 0 N–H and O–H groups in total. The summed E-state index contributed by atoms with van der Waals surface area (Å²) in [5.74, 6) is -0.165. The molecule has 0 spiro atoms. The predicted molar refractivity (Wildman–Crippen MR) is 89.1 cm³/mol. The molecule has 1 aliphatic heterocycles. The number of hydrogen-bond acceptors (Lipinski definition) is 4. The van der Waals surface area contributed by atoms with E-state index in [1.54, 1.807) is 4.90 Å². The average Bonchev–Trinajstić information content (AvgIpc) is 2.49. The Balaban J connectivity index is 1.96. The number of piperidine rings is 1. The predicted octanol–water partition coefficient (Wildman–Crippen LogP) is 3.70. The van der Waals surface area contributed by atoms with Crippen LogP contribution in [0.2, 0.25) is 15.1 Å². The number of rotatable bonds is 3. The van der Waals surface area contributed by atoms with Gasteiger partial charge in [0.2, 0.25) is 0 Å². The third-order valence-electron chi connectivity index (χ3n) is 3.66. The number of carbonyl (C=O) groups excluding carboxylic acids is 2. The molecular formula is C15H17Cl3N2O3. The van der Waals surface area contributed by atoms with Crippen LogP contribution in [0.4, 0.5) is 0 Å². The molecule has 1 aromatic rings. The van der Waals surface area contributed by atoms with E-state index in [1.807, 2.05) is 0 Å². The summed E-state index contributed by atoms with van der Waals surface area (Å²) in [7, 11) is 0. The highest BCUT2D eigenvalue weighted by Crippen LogP contribution is 2.31. The molecule has 1 aliphatic rings. The topological polar surface area (TPSA) is 59.5 Å². The summed E-state index contributed by atoms with van der Waals surface area (Å²) in [5, 5.41) is 0.0812. The fraction of sp³-hybridized carbons (Fsp3) is 0.533. The van der Waals surface area contributed by atoms with Gasteiger partial charge in [-0.2, -0.15) is 0 Å². The third kappa shape index (κ3) is 4.49. The number of aromatic nitrogens is 1. The van der Waals surface area contributed by atoms with E-state index in [4.69, 9.17) is 39.5 Å². The molecule has 1 amide bonds. The minimum Gasteiger partial charge on any atom is -0.451 e. The molecule has 2 atom stereocenters. The van der Waals surface area contributed by atoms with E-state index in [9.17, 15) is 9.59 Å². The number of nitrogens with zero attached hydrogens (tertiary/aromatic N) is 2. The summed E-state index contributed by atoms with van der Waals surface area (Å²) in [6.45, 7) is 5.19. The largest absolute Gasteiger partial charge is 0.451 e. The summed E-state index contributed by atoms with van der Waals surface area (Å²) in [4.78, 5) is 29.7. The highest BCUT2D eigenvalue weighted by molar-refractivity contribution is 6.48. The molecular weight excluding hydrogens is 363 g/mol. The molecule has 0 aliphatic carbocycles. The highest BCUT2D eigenvalue weighted by atomic mass is 35.5. The second-order valence-corrected chi connectivity index (χ2v) is 7.07. The molecule has 0 bridgehead atoms. The Hall–Kier alpha value is -1.04.